The fraction of sp³-hybridized carbons (Fsp3) is 1.00. The normalized spacial score (nSPS) is 27.3. The predicted octanol–water partition coefficient (Wildman–Crippen LogP) is 3.05. The van der Waals surface area contributed by atoms with Crippen molar-refractivity contribution in [3.05, 3.63) is 0 Å². The Morgan fingerprint density at radius 3 is 2.50 bits per heavy atom. The molecular weight excluding hydrogens is 248 g/mol. The molecule has 1 unspecified atom stereocenters. The average molecular weight is 282 g/mol. The molecule has 3 heteroatoms. The summed E-state index contributed by atoms with van der Waals surface area (Å²) >= 11 is 0. The van der Waals surface area contributed by atoms with Crippen LogP contribution < -0.4 is 5.32 Å². The summed E-state index contributed by atoms with van der Waals surface area (Å²) in [7, 11) is 0. The van der Waals surface area contributed by atoms with Crippen molar-refractivity contribution in [2.45, 2.75) is 71.4 Å². The molecule has 1 saturated carbocycles. The third-order valence-electron chi connectivity index (χ3n) is 5.18. The Morgan fingerprint density at radius 2 is 1.90 bits per heavy atom. The molecule has 3 nitrogen and oxygen atoms in total. The van der Waals surface area contributed by atoms with E-state index in [1.165, 1.54) is 38.8 Å². The smallest absolute Gasteiger partial charge is 0.0593 e. The first-order chi connectivity index (χ1) is 9.48. The summed E-state index contributed by atoms with van der Waals surface area (Å²) in [5.41, 5.74) is 0.764. The number of hydrogen-bond acceptors (Lipinski definition) is 3. The van der Waals surface area contributed by atoms with Crippen LogP contribution in [0.15, 0.2) is 0 Å². The van der Waals surface area contributed by atoms with Crippen LogP contribution in [0.2, 0.25) is 0 Å². The van der Waals surface area contributed by atoms with Gasteiger partial charge in [0.1, 0.15) is 0 Å². The molecule has 118 valence electrons. The summed E-state index contributed by atoms with van der Waals surface area (Å²) in [4.78, 5) is 2.75. The molecule has 0 aromatic carbocycles. The SMILES string of the molecule is CCCOCCN1CC(C(C)(C)C)NCC12CCCC2. The van der Waals surface area contributed by atoms with E-state index in [1.54, 1.807) is 0 Å². The van der Waals surface area contributed by atoms with Crippen molar-refractivity contribution in [2.24, 2.45) is 5.41 Å². The maximum Gasteiger partial charge on any atom is 0.0593 e. The number of ether oxygens (including phenoxy) is 1. The maximum absolute atomic E-state index is 5.75. The van der Waals surface area contributed by atoms with Crippen LogP contribution in [0.25, 0.3) is 0 Å². The molecule has 2 rings (SSSR count). The van der Waals surface area contributed by atoms with Crippen molar-refractivity contribution in [1.29, 1.82) is 0 Å². The summed E-state index contributed by atoms with van der Waals surface area (Å²) < 4.78 is 5.75. The second-order valence-electron chi connectivity index (χ2n) is 7.79. The lowest BCUT2D eigenvalue weighted by Crippen LogP contribution is -2.66. The molecule has 0 aromatic heterocycles. The molecule has 1 saturated heterocycles. The molecule has 1 aliphatic heterocycles. The molecule has 1 heterocycles. The van der Waals surface area contributed by atoms with E-state index in [4.69, 9.17) is 4.74 Å². The molecule has 0 amide bonds. The highest BCUT2D eigenvalue weighted by Gasteiger charge is 2.45. The topological polar surface area (TPSA) is 24.5 Å². The van der Waals surface area contributed by atoms with Gasteiger partial charge in [0.05, 0.1) is 6.61 Å². The van der Waals surface area contributed by atoms with E-state index in [1.807, 2.05) is 0 Å². The van der Waals surface area contributed by atoms with E-state index in [0.717, 1.165) is 26.2 Å². The van der Waals surface area contributed by atoms with Crippen LogP contribution in [0, 0.1) is 5.41 Å². The lowest BCUT2D eigenvalue weighted by molar-refractivity contribution is -0.00501. The van der Waals surface area contributed by atoms with E-state index < -0.39 is 0 Å². The van der Waals surface area contributed by atoms with Gasteiger partial charge in [0, 0.05) is 37.8 Å². The fourth-order valence-electron chi connectivity index (χ4n) is 3.76. The zero-order valence-electron chi connectivity index (χ0n) is 14.0. The minimum atomic E-state index is 0.336. The largest absolute Gasteiger partial charge is 0.380 e. The number of piperazine rings is 1. The third-order valence-corrected chi connectivity index (χ3v) is 5.18. The number of nitrogens with zero attached hydrogens (tertiary/aromatic N) is 1. The zero-order valence-corrected chi connectivity index (χ0v) is 14.0. The number of hydrogen-bond donors (Lipinski definition) is 1. The Bertz CT molecular complexity index is 292. The van der Waals surface area contributed by atoms with Gasteiger partial charge in [0.15, 0.2) is 0 Å². The van der Waals surface area contributed by atoms with Gasteiger partial charge in [-0.3, -0.25) is 4.90 Å². The van der Waals surface area contributed by atoms with E-state index in [9.17, 15) is 0 Å². The summed E-state index contributed by atoms with van der Waals surface area (Å²) in [6.07, 6.45) is 6.65. The van der Waals surface area contributed by atoms with Crippen LogP contribution >= 0.6 is 0 Å². The fourth-order valence-corrected chi connectivity index (χ4v) is 3.76. The first-order valence-corrected chi connectivity index (χ1v) is 8.54. The molecule has 0 radical (unpaired) electrons. The van der Waals surface area contributed by atoms with Gasteiger partial charge in [-0.25, -0.2) is 0 Å². The van der Waals surface area contributed by atoms with Crippen LogP contribution in [0.5, 0.6) is 0 Å². The molecular formula is C17H34N2O. The van der Waals surface area contributed by atoms with Gasteiger partial charge in [0.25, 0.3) is 0 Å². The second kappa shape index (κ2) is 6.76. The van der Waals surface area contributed by atoms with Gasteiger partial charge in [-0.05, 0) is 24.7 Å². The molecule has 1 atom stereocenters. The Kier molecular flexibility index (Phi) is 5.49. The molecule has 2 aliphatic rings. The number of rotatable bonds is 5. The van der Waals surface area contributed by atoms with Crippen molar-refractivity contribution >= 4 is 0 Å². The quantitative estimate of drug-likeness (QED) is 0.784. The summed E-state index contributed by atoms with van der Waals surface area (Å²) in [6.45, 7) is 14.5. The van der Waals surface area contributed by atoms with Crippen LogP contribution in [0.3, 0.4) is 0 Å². The minimum absolute atomic E-state index is 0.336. The zero-order chi connectivity index (χ0) is 14.6. The first-order valence-electron chi connectivity index (χ1n) is 8.54. The van der Waals surface area contributed by atoms with Crippen molar-refractivity contribution < 1.29 is 4.74 Å². The van der Waals surface area contributed by atoms with Gasteiger partial charge >= 0.3 is 0 Å². The molecule has 1 spiro atoms. The van der Waals surface area contributed by atoms with Gasteiger partial charge in [0.2, 0.25) is 0 Å². The van der Waals surface area contributed by atoms with Gasteiger partial charge < -0.3 is 10.1 Å². The molecule has 20 heavy (non-hydrogen) atoms. The van der Waals surface area contributed by atoms with Gasteiger partial charge in [-0.15, -0.1) is 0 Å². The number of nitrogens with one attached hydrogen (secondary N) is 1. The predicted molar refractivity (Wildman–Crippen MR) is 85.1 cm³/mol. The van der Waals surface area contributed by atoms with Gasteiger partial charge in [-0.1, -0.05) is 40.5 Å². The highest BCUT2D eigenvalue weighted by atomic mass is 16.5. The summed E-state index contributed by atoms with van der Waals surface area (Å²) in [5.74, 6) is 0. The first kappa shape index (κ1) is 16.3. The molecule has 2 fully saturated rings. The molecule has 0 bridgehead atoms. The van der Waals surface area contributed by atoms with Crippen LogP contribution in [-0.2, 0) is 4.74 Å². The summed E-state index contributed by atoms with van der Waals surface area (Å²) in [6, 6.07) is 0.597. The molecule has 1 aliphatic carbocycles. The van der Waals surface area contributed by atoms with E-state index >= 15 is 0 Å². The minimum Gasteiger partial charge on any atom is -0.380 e. The van der Waals surface area contributed by atoms with E-state index in [-0.39, 0.29) is 0 Å². The van der Waals surface area contributed by atoms with Crippen molar-refractivity contribution in [3.63, 3.8) is 0 Å². The van der Waals surface area contributed by atoms with Crippen molar-refractivity contribution in [3.8, 4) is 0 Å². The van der Waals surface area contributed by atoms with Crippen molar-refractivity contribution in [2.75, 3.05) is 32.8 Å². The second-order valence-corrected chi connectivity index (χ2v) is 7.79. The maximum atomic E-state index is 5.75. The van der Waals surface area contributed by atoms with E-state index in [0.29, 0.717) is 17.0 Å². The Morgan fingerprint density at radius 1 is 1.20 bits per heavy atom. The van der Waals surface area contributed by atoms with Crippen LogP contribution in [-0.4, -0.2) is 49.3 Å². The van der Waals surface area contributed by atoms with Crippen molar-refractivity contribution in [1.82, 2.24) is 10.2 Å². The third kappa shape index (κ3) is 3.75. The monoisotopic (exact) mass is 282 g/mol. The van der Waals surface area contributed by atoms with E-state index in [2.05, 4.69) is 37.9 Å². The lowest BCUT2D eigenvalue weighted by atomic mass is 9.81. The Labute approximate surface area is 125 Å². The average Bonchev–Trinajstić information content (AvgIpc) is 2.84. The van der Waals surface area contributed by atoms with Crippen LogP contribution in [0.1, 0.15) is 59.8 Å². The Balaban J connectivity index is 1.96. The molecule has 1 N–H and O–H groups in total. The van der Waals surface area contributed by atoms with Gasteiger partial charge in [-0.2, -0.15) is 0 Å². The standard InChI is InChI=1S/C17H34N2O/c1-5-11-20-12-10-19-13-15(16(2,3)4)18-14-17(19)8-6-7-9-17/h15,18H,5-14H2,1-4H3. The highest BCUT2D eigenvalue weighted by Crippen LogP contribution is 2.38. The molecule has 0 aromatic rings. The highest BCUT2D eigenvalue weighted by molar-refractivity contribution is 5.03. The lowest BCUT2D eigenvalue weighted by Gasteiger charge is -2.51. The Hall–Kier alpha value is -0.120. The summed E-state index contributed by atoms with van der Waals surface area (Å²) in [5, 5.41) is 3.84. The van der Waals surface area contributed by atoms with Crippen LogP contribution in [0.4, 0.5) is 0 Å².